The van der Waals surface area contributed by atoms with E-state index in [1.165, 1.54) is 23.8 Å². The summed E-state index contributed by atoms with van der Waals surface area (Å²) in [6.45, 7) is 0. The number of hydrogen-bond acceptors (Lipinski definition) is 5. The van der Waals surface area contributed by atoms with Crippen LogP contribution in [0.15, 0.2) is 53.4 Å². The number of amides is 1. The fraction of sp³-hybridized carbons (Fsp3) is 0.0588. The number of thioether (sulfide) groups is 1. The molecule has 1 aliphatic rings. The lowest BCUT2D eigenvalue weighted by Gasteiger charge is -2.13. The standard InChI is InChI=1S/C17H13NO3S2/c1-21-13-9-5-6-11(15(13)19)10-14-16(20)18(17(22)23-14)12-7-3-2-4-8-12/h2-10,19H,1H3. The Hall–Kier alpha value is -2.31. The molecule has 1 fully saturated rings. The van der Waals surface area contributed by atoms with Crippen LogP contribution in [-0.2, 0) is 4.79 Å². The number of carbonyl (C=O) groups is 1. The van der Waals surface area contributed by atoms with Crippen molar-refractivity contribution < 1.29 is 14.6 Å². The Balaban J connectivity index is 1.97. The van der Waals surface area contributed by atoms with Crippen LogP contribution in [0.25, 0.3) is 6.08 Å². The van der Waals surface area contributed by atoms with Crippen LogP contribution in [0.2, 0.25) is 0 Å². The molecule has 2 aromatic carbocycles. The quantitative estimate of drug-likeness (QED) is 0.678. The first-order chi connectivity index (χ1) is 11.1. The molecule has 0 atom stereocenters. The Morgan fingerprint density at radius 2 is 1.91 bits per heavy atom. The number of methoxy groups -OCH3 is 1. The van der Waals surface area contributed by atoms with E-state index in [4.69, 9.17) is 17.0 Å². The first kappa shape index (κ1) is 15.6. The summed E-state index contributed by atoms with van der Waals surface area (Å²) in [7, 11) is 1.48. The van der Waals surface area contributed by atoms with E-state index in [9.17, 15) is 9.90 Å². The van der Waals surface area contributed by atoms with E-state index in [0.717, 1.165) is 5.69 Å². The minimum atomic E-state index is -0.201. The fourth-order valence-corrected chi connectivity index (χ4v) is 3.52. The lowest BCUT2D eigenvalue weighted by Crippen LogP contribution is -2.27. The normalized spacial score (nSPS) is 16.2. The maximum absolute atomic E-state index is 12.6. The number of para-hydroxylation sites is 2. The van der Waals surface area contributed by atoms with Gasteiger partial charge in [-0.2, -0.15) is 0 Å². The zero-order chi connectivity index (χ0) is 16.4. The fourth-order valence-electron chi connectivity index (χ4n) is 2.23. The number of ether oxygens (including phenoxy) is 1. The molecule has 0 spiro atoms. The highest BCUT2D eigenvalue weighted by Crippen LogP contribution is 2.38. The van der Waals surface area contributed by atoms with Crippen molar-refractivity contribution in [2.75, 3.05) is 12.0 Å². The van der Waals surface area contributed by atoms with Gasteiger partial charge >= 0.3 is 0 Å². The van der Waals surface area contributed by atoms with Crippen molar-refractivity contribution in [3.63, 3.8) is 0 Å². The van der Waals surface area contributed by atoms with E-state index in [-0.39, 0.29) is 11.7 Å². The molecule has 2 aromatic rings. The molecule has 116 valence electrons. The van der Waals surface area contributed by atoms with Gasteiger partial charge in [-0.3, -0.25) is 9.69 Å². The van der Waals surface area contributed by atoms with Gasteiger partial charge in [-0.15, -0.1) is 0 Å². The van der Waals surface area contributed by atoms with E-state index in [1.54, 1.807) is 24.3 Å². The minimum absolute atomic E-state index is 0.0000190. The van der Waals surface area contributed by atoms with Crippen molar-refractivity contribution in [1.82, 2.24) is 0 Å². The van der Waals surface area contributed by atoms with Crippen LogP contribution in [0, 0.1) is 0 Å². The SMILES string of the molecule is COc1cccc(C=C2SC(=S)N(c3ccccc3)C2=O)c1O. The summed E-state index contributed by atoms with van der Waals surface area (Å²) < 4.78 is 5.55. The number of anilines is 1. The molecule has 1 heterocycles. The molecule has 4 nitrogen and oxygen atoms in total. The van der Waals surface area contributed by atoms with Crippen LogP contribution >= 0.6 is 24.0 Å². The Bertz CT molecular complexity index is 803. The van der Waals surface area contributed by atoms with Crippen LogP contribution in [-0.4, -0.2) is 22.4 Å². The zero-order valence-electron chi connectivity index (χ0n) is 12.2. The van der Waals surface area contributed by atoms with Crippen LogP contribution < -0.4 is 9.64 Å². The van der Waals surface area contributed by atoms with Gasteiger partial charge in [0.25, 0.3) is 5.91 Å². The Morgan fingerprint density at radius 3 is 2.61 bits per heavy atom. The second kappa shape index (κ2) is 6.44. The van der Waals surface area contributed by atoms with Gasteiger partial charge < -0.3 is 9.84 Å². The molecule has 0 aromatic heterocycles. The zero-order valence-corrected chi connectivity index (χ0v) is 13.9. The summed E-state index contributed by atoms with van der Waals surface area (Å²) in [5, 5.41) is 10.1. The lowest BCUT2D eigenvalue weighted by molar-refractivity contribution is -0.113. The molecule has 6 heteroatoms. The molecule has 0 aliphatic carbocycles. The van der Waals surface area contributed by atoms with Crippen LogP contribution in [0.5, 0.6) is 11.5 Å². The molecule has 3 rings (SSSR count). The minimum Gasteiger partial charge on any atom is -0.504 e. The van der Waals surface area contributed by atoms with Gasteiger partial charge in [-0.1, -0.05) is 54.3 Å². The van der Waals surface area contributed by atoms with E-state index < -0.39 is 0 Å². The van der Waals surface area contributed by atoms with E-state index >= 15 is 0 Å². The topological polar surface area (TPSA) is 49.8 Å². The number of aromatic hydroxyl groups is 1. The smallest absolute Gasteiger partial charge is 0.270 e. The predicted molar refractivity (Wildman–Crippen MR) is 96.8 cm³/mol. The number of phenolic OH excluding ortho intramolecular Hbond substituents is 1. The molecule has 1 amide bonds. The second-order valence-electron chi connectivity index (χ2n) is 4.75. The van der Waals surface area contributed by atoms with E-state index in [2.05, 4.69) is 0 Å². The Labute approximate surface area is 143 Å². The summed E-state index contributed by atoms with van der Waals surface area (Å²) in [6.07, 6.45) is 1.63. The van der Waals surface area contributed by atoms with E-state index in [0.29, 0.717) is 20.5 Å². The van der Waals surface area contributed by atoms with Gasteiger partial charge in [0.15, 0.2) is 15.8 Å². The number of carbonyl (C=O) groups excluding carboxylic acids is 1. The lowest BCUT2D eigenvalue weighted by atomic mass is 10.1. The van der Waals surface area contributed by atoms with Gasteiger partial charge in [0.1, 0.15) is 0 Å². The molecule has 23 heavy (non-hydrogen) atoms. The van der Waals surface area contributed by atoms with Crippen LogP contribution in [0.4, 0.5) is 5.69 Å². The van der Waals surface area contributed by atoms with E-state index in [1.807, 2.05) is 30.3 Å². The maximum atomic E-state index is 12.6. The number of nitrogens with zero attached hydrogens (tertiary/aromatic N) is 1. The van der Waals surface area contributed by atoms with Crippen molar-refractivity contribution in [2.45, 2.75) is 0 Å². The van der Waals surface area contributed by atoms with Crippen molar-refractivity contribution >= 4 is 46.0 Å². The second-order valence-corrected chi connectivity index (χ2v) is 6.43. The first-order valence-electron chi connectivity index (χ1n) is 6.81. The van der Waals surface area contributed by atoms with Crippen molar-refractivity contribution in [1.29, 1.82) is 0 Å². The summed E-state index contributed by atoms with van der Waals surface area (Å²) in [4.78, 5) is 14.6. The van der Waals surface area contributed by atoms with Crippen LogP contribution in [0.3, 0.4) is 0 Å². The number of hydrogen-bond donors (Lipinski definition) is 1. The summed E-state index contributed by atoms with van der Waals surface area (Å²) in [6, 6.07) is 14.4. The predicted octanol–water partition coefficient (Wildman–Crippen LogP) is 3.81. The molecular weight excluding hydrogens is 330 g/mol. The summed E-state index contributed by atoms with van der Waals surface area (Å²) in [5.74, 6) is 0.158. The molecule has 0 radical (unpaired) electrons. The highest BCUT2D eigenvalue weighted by Gasteiger charge is 2.33. The molecular formula is C17H13NO3S2. The number of thiocarbonyl (C=S) groups is 1. The van der Waals surface area contributed by atoms with Gasteiger partial charge in [0.2, 0.25) is 0 Å². The number of rotatable bonds is 3. The third kappa shape index (κ3) is 2.95. The Kier molecular flexibility index (Phi) is 4.36. The third-order valence-corrected chi connectivity index (χ3v) is 4.65. The Morgan fingerprint density at radius 1 is 1.17 bits per heavy atom. The van der Waals surface area contributed by atoms with Crippen LogP contribution in [0.1, 0.15) is 5.56 Å². The van der Waals surface area contributed by atoms with Crippen molar-refractivity contribution in [3.05, 3.63) is 59.0 Å². The van der Waals surface area contributed by atoms with Gasteiger partial charge in [-0.25, -0.2) is 0 Å². The molecule has 0 bridgehead atoms. The highest BCUT2D eigenvalue weighted by atomic mass is 32.2. The van der Waals surface area contributed by atoms with Gasteiger partial charge in [-0.05, 0) is 24.3 Å². The first-order valence-corrected chi connectivity index (χ1v) is 8.03. The molecule has 0 unspecified atom stereocenters. The summed E-state index contributed by atoms with van der Waals surface area (Å²) in [5.41, 5.74) is 1.24. The molecule has 1 saturated heterocycles. The van der Waals surface area contributed by atoms with Crippen molar-refractivity contribution in [3.8, 4) is 11.5 Å². The number of phenols is 1. The van der Waals surface area contributed by atoms with Gasteiger partial charge in [0, 0.05) is 5.56 Å². The average molecular weight is 343 g/mol. The third-order valence-electron chi connectivity index (χ3n) is 3.34. The summed E-state index contributed by atoms with van der Waals surface area (Å²) >= 11 is 6.52. The average Bonchev–Trinajstić information content (AvgIpc) is 2.84. The largest absolute Gasteiger partial charge is 0.504 e. The highest BCUT2D eigenvalue weighted by molar-refractivity contribution is 8.27. The molecule has 0 saturated carbocycles. The maximum Gasteiger partial charge on any atom is 0.270 e. The molecule has 1 N–H and O–H groups in total. The number of benzene rings is 2. The van der Waals surface area contributed by atoms with Crippen molar-refractivity contribution in [2.24, 2.45) is 0 Å². The van der Waals surface area contributed by atoms with Gasteiger partial charge in [0.05, 0.1) is 17.7 Å². The molecule has 1 aliphatic heterocycles. The monoisotopic (exact) mass is 343 g/mol.